The predicted octanol–water partition coefficient (Wildman–Crippen LogP) is 1.29. The molecule has 1 aromatic rings. The molecule has 6 nitrogen and oxygen atoms in total. The Morgan fingerprint density at radius 3 is 2.77 bits per heavy atom. The number of amides is 1. The molecule has 0 spiro atoms. The van der Waals surface area contributed by atoms with Crippen LogP contribution in [-0.2, 0) is 16.1 Å². The summed E-state index contributed by atoms with van der Waals surface area (Å²) in [5.41, 5.74) is 6.38. The predicted molar refractivity (Wildman–Crippen MR) is 85.3 cm³/mol. The van der Waals surface area contributed by atoms with Gasteiger partial charge in [-0.2, -0.15) is 0 Å². The SMILES string of the molecule is COc1ccc(CN(C)C(=O)[C@@H]2CC[C@H](CN)O2)cc1O.Cl. The summed E-state index contributed by atoms with van der Waals surface area (Å²) in [4.78, 5) is 13.9. The Morgan fingerprint density at radius 2 is 2.23 bits per heavy atom. The fourth-order valence-electron chi connectivity index (χ4n) is 2.49. The smallest absolute Gasteiger partial charge is 0.251 e. The van der Waals surface area contributed by atoms with Gasteiger partial charge in [0.05, 0.1) is 13.2 Å². The standard InChI is InChI=1S/C15H22N2O4.ClH/c1-17(15(19)14-6-4-11(8-16)21-14)9-10-3-5-13(20-2)12(18)7-10;/h3,5,7,11,14,18H,4,6,8-9,16H2,1-2H3;1H/t11-,14+;/m1./s1. The molecule has 0 aromatic heterocycles. The number of nitrogens with two attached hydrogens (primary N) is 1. The highest BCUT2D eigenvalue weighted by Gasteiger charge is 2.31. The molecule has 0 radical (unpaired) electrons. The van der Waals surface area contributed by atoms with E-state index in [1.54, 1.807) is 24.1 Å². The molecule has 0 unspecified atom stereocenters. The number of hydrogen-bond donors (Lipinski definition) is 2. The Hall–Kier alpha value is -1.50. The Morgan fingerprint density at radius 1 is 1.50 bits per heavy atom. The van der Waals surface area contributed by atoms with E-state index in [0.717, 1.165) is 12.0 Å². The molecule has 0 bridgehead atoms. The number of likely N-dealkylation sites (N-methyl/N-ethyl adjacent to an activating group) is 1. The quantitative estimate of drug-likeness (QED) is 0.849. The van der Waals surface area contributed by atoms with Crippen LogP contribution in [0.3, 0.4) is 0 Å². The maximum atomic E-state index is 12.3. The van der Waals surface area contributed by atoms with Crippen molar-refractivity contribution in [2.24, 2.45) is 5.73 Å². The largest absolute Gasteiger partial charge is 0.504 e. The van der Waals surface area contributed by atoms with Gasteiger partial charge >= 0.3 is 0 Å². The summed E-state index contributed by atoms with van der Waals surface area (Å²) < 4.78 is 10.6. The number of hydrogen-bond acceptors (Lipinski definition) is 5. The van der Waals surface area contributed by atoms with Gasteiger partial charge < -0.3 is 25.2 Å². The number of aromatic hydroxyl groups is 1. The average molecular weight is 331 g/mol. The van der Waals surface area contributed by atoms with E-state index >= 15 is 0 Å². The molecule has 2 atom stereocenters. The Labute approximate surface area is 136 Å². The number of carbonyl (C=O) groups is 1. The van der Waals surface area contributed by atoms with Gasteiger partial charge in [-0.3, -0.25) is 4.79 Å². The van der Waals surface area contributed by atoms with Crippen LogP contribution in [0.4, 0.5) is 0 Å². The van der Waals surface area contributed by atoms with Crippen LogP contribution >= 0.6 is 12.4 Å². The lowest BCUT2D eigenvalue weighted by Gasteiger charge is -2.21. The zero-order chi connectivity index (χ0) is 15.4. The van der Waals surface area contributed by atoms with E-state index in [4.69, 9.17) is 15.2 Å². The summed E-state index contributed by atoms with van der Waals surface area (Å²) in [6.45, 7) is 0.851. The molecular formula is C15H23ClN2O4. The fraction of sp³-hybridized carbons (Fsp3) is 0.533. The summed E-state index contributed by atoms with van der Waals surface area (Å²) in [5.74, 6) is 0.426. The van der Waals surface area contributed by atoms with Gasteiger partial charge in [0.1, 0.15) is 6.10 Å². The highest BCUT2D eigenvalue weighted by molar-refractivity contribution is 5.85. The zero-order valence-electron chi connectivity index (χ0n) is 12.8. The zero-order valence-corrected chi connectivity index (χ0v) is 13.6. The van der Waals surface area contributed by atoms with E-state index in [0.29, 0.717) is 25.3 Å². The monoisotopic (exact) mass is 330 g/mol. The van der Waals surface area contributed by atoms with Gasteiger partial charge in [0.15, 0.2) is 11.5 Å². The molecule has 22 heavy (non-hydrogen) atoms. The number of phenols is 1. The van der Waals surface area contributed by atoms with Gasteiger partial charge in [0, 0.05) is 20.1 Å². The van der Waals surface area contributed by atoms with Gasteiger partial charge in [-0.25, -0.2) is 0 Å². The molecule has 1 aliphatic heterocycles. The van der Waals surface area contributed by atoms with Crippen molar-refractivity contribution >= 4 is 18.3 Å². The number of carbonyl (C=O) groups excluding carboxylic acids is 1. The first-order valence-electron chi connectivity index (χ1n) is 7.01. The topological polar surface area (TPSA) is 85.0 Å². The molecular weight excluding hydrogens is 308 g/mol. The number of ether oxygens (including phenoxy) is 2. The second-order valence-electron chi connectivity index (χ2n) is 5.26. The second kappa shape index (κ2) is 8.22. The molecule has 2 rings (SSSR count). The Kier molecular flexibility index (Phi) is 6.93. The van der Waals surface area contributed by atoms with Gasteiger partial charge in [-0.05, 0) is 30.5 Å². The van der Waals surface area contributed by atoms with Crippen molar-refractivity contribution in [3.63, 3.8) is 0 Å². The molecule has 0 aliphatic carbocycles. The molecule has 0 saturated carbocycles. The van der Waals surface area contributed by atoms with E-state index in [9.17, 15) is 9.90 Å². The normalized spacial score (nSPS) is 20.3. The molecule has 3 N–H and O–H groups in total. The van der Waals surface area contributed by atoms with E-state index in [2.05, 4.69) is 0 Å². The summed E-state index contributed by atoms with van der Waals surface area (Å²) in [7, 11) is 3.22. The van der Waals surface area contributed by atoms with Crippen LogP contribution < -0.4 is 10.5 Å². The third-order valence-electron chi connectivity index (χ3n) is 3.69. The number of rotatable bonds is 5. The third-order valence-corrected chi connectivity index (χ3v) is 3.69. The summed E-state index contributed by atoms with van der Waals surface area (Å²) in [6, 6.07) is 5.10. The van der Waals surface area contributed by atoms with Crippen molar-refractivity contribution in [3.8, 4) is 11.5 Å². The van der Waals surface area contributed by atoms with Crippen molar-refractivity contribution in [2.75, 3.05) is 20.7 Å². The van der Waals surface area contributed by atoms with Crippen molar-refractivity contribution in [1.29, 1.82) is 0 Å². The molecule has 124 valence electrons. The van der Waals surface area contributed by atoms with Crippen molar-refractivity contribution < 1.29 is 19.4 Å². The van der Waals surface area contributed by atoms with Gasteiger partial charge in [0.2, 0.25) is 0 Å². The number of nitrogens with zero attached hydrogens (tertiary/aromatic N) is 1. The third kappa shape index (κ3) is 4.25. The molecule has 1 amide bonds. The maximum Gasteiger partial charge on any atom is 0.251 e. The lowest BCUT2D eigenvalue weighted by Crippen LogP contribution is -2.36. The number of phenolic OH excluding ortho intramolecular Hbond substituents is 1. The fourth-order valence-corrected chi connectivity index (χ4v) is 2.49. The minimum atomic E-state index is -0.407. The number of halogens is 1. The number of benzene rings is 1. The van der Waals surface area contributed by atoms with Crippen molar-refractivity contribution in [1.82, 2.24) is 4.90 Å². The van der Waals surface area contributed by atoms with Crippen LogP contribution in [0.25, 0.3) is 0 Å². The first-order chi connectivity index (χ1) is 10.0. The molecule has 1 aliphatic rings. The summed E-state index contributed by atoms with van der Waals surface area (Å²) in [6.07, 6.45) is 1.11. The minimum Gasteiger partial charge on any atom is -0.504 e. The number of methoxy groups -OCH3 is 1. The first-order valence-corrected chi connectivity index (χ1v) is 7.01. The van der Waals surface area contributed by atoms with E-state index in [-0.39, 0.29) is 30.2 Å². The van der Waals surface area contributed by atoms with Gasteiger partial charge in [0.25, 0.3) is 5.91 Å². The highest BCUT2D eigenvalue weighted by atomic mass is 35.5. The Bertz CT molecular complexity index is 512. The molecule has 1 saturated heterocycles. The summed E-state index contributed by atoms with van der Waals surface area (Å²) >= 11 is 0. The molecule has 1 fully saturated rings. The van der Waals surface area contributed by atoms with Crippen LogP contribution in [-0.4, -0.2) is 48.8 Å². The van der Waals surface area contributed by atoms with Crippen LogP contribution in [0.2, 0.25) is 0 Å². The van der Waals surface area contributed by atoms with Crippen LogP contribution in [0.5, 0.6) is 11.5 Å². The lowest BCUT2D eigenvalue weighted by molar-refractivity contribution is -0.141. The molecule has 1 aromatic carbocycles. The van der Waals surface area contributed by atoms with Crippen LogP contribution in [0.15, 0.2) is 18.2 Å². The van der Waals surface area contributed by atoms with Crippen LogP contribution in [0, 0.1) is 0 Å². The van der Waals surface area contributed by atoms with E-state index in [1.807, 2.05) is 6.07 Å². The minimum absolute atomic E-state index is 0. The lowest BCUT2D eigenvalue weighted by atomic mass is 10.1. The second-order valence-corrected chi connectivity index (χ2v) is 5.26. The maximum absolute atomic E-state index is 12.3. The molecule has 7 heteroatoms. The highest BCUT2D eigenvalue weighted by Crippen LogP contribution is 2.27. The average Bonchev–Trinajstić information content (AvgIpc) is 2.95. The summed E-state index contributed by atoms with van der Waals surface area (Å²) in [5, 5.41) is 9.75. The van der Waals surface area contributed by atoms with E-state index in [1.165, 1.54) is 7.11 Å². The van der Waals surface area contributed by atoms with Crippen molar-refractivity contribution in [3.05, 3.63) is 23.8 Å². The Balaban J connectivity index is 0.00000242. The van der Waals surface area contributed by atoms with E-state index < -0.39 is 6.10 Å². The van der Waals surface area contributed by atoms with Crippen LogP contribution in [0.1, 0.15) is 18.4 Å². The van der Waals surface area contributed by atoms with Gasteiger partial charge in [-0.15, -0.1) is 12.4 Å². The molecule has 1 heterocycles. The first kappa shape index (κ1) is 18.5. The van der Waals surface area contributed by atoms with Gasteiger partial charge in [-0.1, -0.05) is 6.07 Å². The van der Waals surface area contributed by atoms with Crippen molar-refractivity contribution in [2.45, 2.75) is 31.6 Å².